The molecule has 22 heavy (non-hydrogen) atoms. The fraction of sp³-hybridized carbons (Fsp3) is 0.143. The van der Waals surface area contributed by atoms with Gasteiger partial charge in [0, 0.05) is 17.0 Å². The highest BCUT2D eigenvalue weighted by Crippen LogP contribution is 2.27. The van der Waals surface area contributed by atoms with Crippen LogP contribution >= 0.6 is 0 Å². The monoisotopic (exact) mass is 303 g/mol. The number of nitrogens with zero attached hydrogens (tertiary/aromatic N) is 2. The van der Waals surface area contributed by atoms with E-state index in [9.17, 15) is 13.6 Å². The molecule has 1 aliphatic rings. The molecule has 0 aliphatic carbocycles. The molecule has 8 heteroatoms. The van der Waals surface area contributed by atoms with E-state index in [0.717, 1.165) is 23.4 Å². The van der Waals surface area contributed by atoms with Crippen LogP contribution in [0.1, 0.15) is 21.7 Å². The number of aromatic nitrogens is 3. The summed E-state index contributed by atoms with van der Waals surface area (Å²) in [4.78, 5) is 16.8. The molecule has 0 unspecified atom stereocenters. The van der Waals surface area contributed by atoms with Crippen molar-refractivity contribution in [1.29, 1.82) is 0 Å². The molecule has 1 aliphatic heterocycles. The summed E-state index contributed by atoms with van der Waals surface area (Å²) < 4.78 is 26.9. The maximum Gasteiger partial charge on any atom is 0.270 e. The summed E-state index contributed by atoms with van der Waals surface area (Å²) in [5.41, 5.74) is 7.75. The molecule has 2 aromatic heterocycles. The Morgan fingerprint density at radius 1 is 1.27 bits per heavy atom. The van der Waals surface area contributed by atoms with Crippen molar-refractivity contribution >= 4 is 22.6 Å². The number of nitrogen functional groups attached to an aromatic ring is 1. The van der Waals surface area contributed by atoms with Gasteiger partial charge in [-0.1, -0.05) is 0 Å². The zero-order chi connectivity index (χ0) is 15.4. The lowest BCUT2D eigenvalue weighted by Gasteiger charge is -2.14. The number of nitrogens with one attached hydrogen (secondary N) is 2. The Kier molecular flexibility index (Phi) is 2.50. The van der Waals surface area contributed by atoms with Gasteiger partial charge >= 0.3 is 0 Å². The van der Waals surface area contributed by atoms with Crippen molar-refractivity contribution < 1.29 is 13.6 Å². The van der Waals surface area contributed by atoms with Crippen molar-refractivity contribution in [2.24, 2.45) is 0 Å². The van der Waals surface area contributed by atoms with Crippen molar-refractivity contribution in [2.75, 3.05) is 5.73 Å². The number of hydrogen-bond donors (Lipinski definition) is 3. The summed E-state index contributed by atoms with van der Waals surface area (Å²) in [5, 5.41) is 6.84. The lowest BCUT2D eigenvalue weighted by atomic mass is 10.2. The Bertz CT molecular complexity index is 913. The van der Waals surface area contributed by atoms with Gasteiger partial charge in [-0.05, 0) is 12.1 Å². The first kappa shape index (κ1) is 12.8. The highest BCUT2D eigenvalue weighted by Gasteiger charge is 2.29. The van der Waals surface area contributed by atoms with Gasteiger partial charge in [0.1, 0.15) is 17.3 Å². The van der Waals surface area contributed by atoms with Crippen LogP contribution in [0.15, 0.2) is 18.2 Å². The van der Waals surface area contributed by atoms with E-state index in [0.29, 0.717) is 18.9 Å². The second-order valence-corrected chi connectivity index (χ2v) is 5.26. The lowest BCUT2D eigenvalue weighted by molar-refractivity contribution is 0.0745. The van der Waals surface area contributed by atoms with Gasteiger partial charge in [-0.2, -0.15) is 5.10 Å². The van der Waals surface area contributed by atoms with E-state index in [2.05, 4.69) is 15.2 Å². The van der Waals surface area contributed by atoms with Crippen molar-refractivity contribution in [3.8, 4) is 0 Å². The zero-order valence-corrected chi connectivity index (χ0v) is 11.3. The normalized spacial score (nSPS) is 13.8. The van der Waals surface area contributed by atoms with Crippen LogP contribution in [0, 0.1) is 11.6 Å². The fourth-order valence-electron chi connectivity index (χ4n) is 2.75. The molecule has 4 N–H and O–H groups in total. The number of carbonyl (C=O) groups excluding carboxylic acids is 1. The van der Waals surface area contributed by atoms with Crippen LogP contribution in [0.4, 0.5) is 14.6 Å². The summed E-state index contributed by atoms with van der Waals surface area (Å²) in [5.74, 6) is -1.33. The van der Waals surface area contributed by atoms with E-state index in [-0.39, 0.29) is 22.5 Å². The van der Waals surface area contributed by atoms with Gasteiger partial charge in [-0.15, -0.1) is 0 Å². The first-order valence-electron chi connectivity index (χ1n) is 6.61. The Morgan fingerprint density at radius 2 is 2.09 bits per heavy atom. The average molecular weight is 303 g/mol. The van der Waals surface area contributed by atoms with Crippen molar-refractivity contribution in [2.45, 2.75) is 13.1 Å². The standard InChI is InChI=1S/C14H11F2N5O/c15-6-1-9(16)7-3-11(18-10(7)2-6)14(22)21-4-8-12(5-21)19-20-13(8)17/h1-3,18H,4-5H2,(H3,17,19,20). The van der Waals surface area contributed by atoms with E-state index in [1.807, 2.05) is 0 Å². The SMILES string of the molecule is Nc1n[nH]c2c1CN(C(=O)c1cc3c(F)cc(F)cc3[nH]1)C2. The Morgan fingerprint density at radius 3 is 2.86 bits per heavy atom. The highest BCUT2D eigenvalue weighted by molar-refractivity contribution is 5.98. The van der Waals surface area contributed by atoms with Crippen molar-refractivity contribution in [1.82, 2.24) is 20.1 Å². The van der Waals surface area contributed by atoms with Crippen LogP contribution in [0.5, 0.6) is 0 Å². The molecule has 3 heterocycles. The maximum absolute atomic E-state index is 13.7. The van der Waals surface area contributed by atoms with Crippen LogP contribution < -0.4 is 5.73 Å². The number of fused-ring (bicyclic) bond motifs is 2. The number of hydrogen-bond acceptors (Lipinski definition) is 3. The minimum absolute atomic E-state index is 0.184. The average Bonchev–Trinajstić information content (AvgIpc) is 3.14. The molecule has 1 aromatic carbocycles. The molecular weight excluding hydrogens is 292 g/mol. The second-order valence-electron chi connectivity index (χ2n) is 5.26. The van der Waals surface area contributed by atoms with E-state index in [1.165, 1.54) is 6.07 Å². The Labute approximate surface area is 122 Å². The number of H-pyrrole nitrogens is 2. The molecule has 4 rings (SSSR count). The quantitative estimate of drug-likeness (QED) is 0.641. The number of rotatable bonds is 1. The predicted molar refractivity (Wildman–Crippen MR) is 74.8 cm³/mol. The Balaban J connectivity index is 1.68. The molecule has 0 saturated carbocycles. The summed E-state index contributed by atoms with van der Waals surface area (Å²) >= 11 is 0. The third-order valence-corrected chi connectivity index (χ3v) is 3.85. The molecule has 0 bridgehead atoms. The molecule has 3 aromatic rings. The van der Waals surface area contributed by atoms with Crippen LogP contribution in [0.25, 0.3) is 10.9 Å². The van der Waals surface area contributed by atoms with Crippen LogP contribution in [-0.4, -0.2) is 26.0 Å². The number of nitrogens with two attached hydrogens (primary N) is 1. The molecule has 0 radical (unpaired) electrons. The topological polar surface area (TPSA) is 90.8 Å². The number of aromatic amines is 2. The first-order chi connectivity index (χ1) is 10.5. The van der Waals surface area contributed by atoms with E-state index in [4.69, 9.17) is 5.73 Å². The minimum Gasteiger partial charge on any atom is -0.382 e. The molecule has 0 atom stereocenters. The lowest BCUT2D eigenvalue weighted by Crippen LogP contribution is -2.26. The molecular formula is C14H11F2N5O. The van der Waals surface area contributed by atoms with Gasteiger partial charge in [-0.25, -0.2) is 8.78 Å². The molecule has 0 fully saturated rings. The molecule has 6 nitrogen and oxygen atoms in total. The minimum atomic E-state index is -0.703. The second kappa shape index (κ2) is 4.30. The number of carbonyl (C=O) groups is 1. The van der Waals surface area contributed by atoms with Crippen LogP contribution in [-0.2, 0) is 13.1 Å². The summed E-state index contributed by atoms with van der Waals surface area (Å²) in [6.45, 7) is 0.688. The summed E-state index contributed by atoms with van der Waals surface area (Å²) in [6, 6.07) is 3.34. The van der Waals surface area contributed by atoms with E-state index < -0.39 is 11.6 Å². The van der Waals surface area contributed by atoms with Gasteiger partial charge in [0.25, 0.3) is 5.91 Å². The first-order valence-corrected chi connectivity index (χ1v) is 6.61. The highest BCUT2D eigenvalue weighted by atomic mass is 19.1. The van der Waals surface area contributed by atoms with Crippen molar-refractivity contribution in [3.63, 3.8) is 0 Å². The van der Waals surface area contributed by atoms with E-state index >= 15 is 0 Å². The van der Waals surface area contributed by atoms with E-state index in [1.54, 1.807) is 4.90 Å². The smallest absolute Gasteiger partial charge is 0.270 e. The van der Waals surface area contributed by atoms with Gasteiger partial charge < -0.3 is 15.6 Å². The third-order valence-electron chi connectivity index (χ3n) is 3.85. The van der Waals surface area contributed by atoms with Crippen LogP contribution in [0.2, 0.25) is 0 Å². The third kappa shape index (κ3) is 1.77. The van der Waals surface area contributed by atoms with Crippen LogP contribution in [0.3, 0.4) is 0 Å². The van der Waals surface area contributed by atoms with Gasteiger partial charge in [0.05, 0.1) is 24.3 Å². The van der Waals surface area contributed by atoms with Gasteiger partial charge in [-0.3, -0.25) is 9.89 Å². The number of amides is 1. The summed E-state index contributed by atoms with van der Waals surface area (Å²) in [6.07, 6.45) is 0. The predicted octanol–water partition coefficient (Wildman–Crippen LogP) is 1.91. The largest absolute Gasteiger partial charge is 0.382 e. The molecule has 1 amide bonds. The summed E-state index contributed by atoms with van der Waals surface area (Å²) in [7, 11) is 0. The number of halogens is 2. The van der Waals surface area contributed by atoms with Gasteiger partial charge in [0.15, 0.2) is 5.82 Å². The molecule has 0 spiro atoms. The molecule has 0 saturated heterocycles. The maximum atomic E-state index is 13.7. The number of benzene rings is 1. The number of anilines is 1. The zero-order valence-electron chi connectivity index (χ0n) is 11.3. The van der Waals surface area contributed by atoms with Gasteiger partial charge in [0.2, 0.25) is 0 Å². The molecule has 112 valence electrons. The Hall–Kier alpha value is -2.90. The van der Waals surface area contributed by atoms with Crippen molar-refractivity contribution in [3.05, 3.63) is 46.8 Å². The fourth-order valence-corrected chi connectivity index (χ4v) is 2.75.